The summed E-state index contributed by atoms with van der Waals surface area (Å²) in [5.74, 6) is 1.12. The Hall–Kier alpha value is -3.00. The number of likely N-dealkylation sites (N-methyl/N-ethyl adjacent to an activating group) is 1. The highest BCUT2D eigenvalue weighted by atomic mass is 16.1. The molecule has 0 aliphatic carbocycles. The van der Waals surface area contributed by atoms with Crippen LogP contribution in [0.25, 0.3) is 16.7 Å². The van der Waals surface area contributed by atoms with Gasteiger partial charge < -0.3 is 15.1 Å². The van der Waals surface area contributed by atoms with Gasteiger partial charge in [0.15, 0.2) is 5.65 Å². The Morgan fingerprint density at radius 2 is 1.93 bits per heavy atom. The number of rotatable bonds is 6. The van der Waals surface area contributed by atoms with Crippen LogP contribution in [0.3, 0.4) is 0 Å². The lowest BCUT2D eigenvalue weighted by Gasteiger charge is -2.32. The summed E-state index contributed by atoms with van der Waals surface area (Å²) in [6.07, 6.45) is 5.08. The second-order valence-corrected chi connectivity index (χ2v) is 7.68. The summed E-state index contributed by atoms with van der Waals surface area (Å²) in [6, 6.07) is 9.97. The van der Waals surface area contributed by atoms with Gasteiger partial charge in [0.2, 0.25) is 5.91 Å². The highest BCUT2D eigenvalue weighted by Crippen LogP contribution is 2.28. The topological polar surface area (TPSA) is 79.2 Å². The molecule has 0 saturated carbocycles. The van der Waals surface area contributed by atoms with Crippen LogP contribution >= 0.6 is 0 Å². The first-order valence-corrected chi connectivity index (χ1v) is 10.0. The van der Waals surface area contributed by atoms with Gasteiger partial charge in [-0.1, -0.05) is 18.2 Å². The van der Waals surface area contributed by atoms with Crippen molar-refractivity contribution in [2.45, 2.75) is 12.8 Å². The van der Waals surface area contributed by atoms with Crippen molar-refractivity contribution >= 4 is 22.8 Å². The van der Waals surface area contributed by atoms with E-state index >= 15 is 0 Å². The summed E-state index contributed by atoms with van der Waals surface area (Å²) in [4.78, 5) is 25.7. The molecule has 0 spiro atoms. The third-order valence-corrected chi connectivity index (χ3v) is 5.37. The normalized spacial score (nSPS) is 15.2. The molecule has 0 atom stereocenters. The molecule has 1 aliphatic heterocycles. The molecule has 4 rings (SSSR count). The zero-order valence-corrected chi connectivity index (χ0v) is 17.0. The lowest BCUT2D eigenvalue weighted by Crippen LogP contribution is -2.42. The van der Waals surface area contributed by atoms with Crippen molar-refractivity contribution in [3.63, 3.8) is 0 Å². The molecule has 1 amide bonds. The van der Waals surface area contributed by atoms with Crippen LogP contribution in [0.4, 0.5) is 5.82 Å². The van der Waals surface area contributed by atoms with Crippen LogP contribution in [-0.2, 0) is 4.79 Å². The fourth-order valence-electron chi connectivity index (χ4n) is 3.74. The number of piperidine rings is 1. The zero-order valence-electron chi connectivity index (χ0n) is 17.0. The summed E-state index contributed by atoms with van der Waals surface area (Å²) in [7, 11) is 4.01. The smallest absolute Gasteiger partial charge is 0.223 e. The summed E-state index contributed by atoms with van der Waals surface area (Å²) in [5, 5.41) is 8.52. The van der Waals surface area contributed by atoms with E-state index < -0.39 is 0 Å². The van der Waals surface area contributed by atoms with Crippen LogP contribution in [0.15, 0.2) is 42.9 Å². The van der Waals surface area contributed by atoms with Crippen molar-refractivity contribution in [1.82, 2.24) is 30.0 Å². The number of nitrogens with one attached hydrogen (secondary N) is 1. The molecule has 2 aromatic heterocycles. The maximum atomic E-state index is 12.4. The van der Waals surface area contributed by atoms with E-state index in [1.165, 1.54) is 0 Å². The number of amides is 1. The molecule has 0 radical (unpaired) electrons. The number of para-hydroxylation sites is 1. The maximum absolute atomic E-state index is 12.4. The lowest BCUT2D eigenvalue weighted by atomic mass is 9.96. The van der Waals surface area contributed by atoms with Gasteiger partial charge in [0.1, 0.15) is 12.1 Å². The van der Waals surface area contributed by atoms with Crippen LogP contribution in [0, 0.1) is 5.92 Å². The summed E-state index contributed by atoms with van der Waals surface area (Å²) < 4.78 is 1.84. The van der Waals surface area contributed by atoms with Crippen molar-refractivity contribution in [3.8, 4) is 5.69 Å². The molecule has 1 aromatic carbocycles. The van der Waals surface area contributed by atoms with Gasteiger partial charge in [-0.05, 0) is 39.1 Å². The van der Waals surface area contributed by atoms with Crippen LogP contribution < -0.4 is 10.2 Å². The first kappa shape index (κ1) is 19.3. The third kappa shape index (κ3) is 4.22. The van der Waals surface area contributed by atoms with E-state index in [1.54, 1.807) is 6.33 Å². The summed E-state index contributed by atoms with van der Waals surface area (Å²) >= 11 is 0. The molecule has 29 heavy (non-hydrogen) atoms. The lowest BCUT2D eigenvalue weighted by molar-refractivity contribution is -0.125. The SMILES string of the molecule is CN(C)CCNC(=O)C1CCN(c2ncnc3c2cnn3-c2ccccc2)CC1. The Kier molecular flexibility index (Phi) is 5.71. The minimum atomic E-state index is 0.0674. The minimum absolute atomic E-state index is 0.0674. The zero-order chi connectivity index (χ0) is 20.2. The number of aromatic nitrogens is 4. The van der Waals surface area contributed by atoms with E-state index in [-0.39, 0.29) is 11.8 Å². The van der Waals surface area contributed by atoms with Gasteiger partial charge in [-0.15, -0.1) is 0 Å². The van der Waals surface area contributed by atoms with Gasteiger partial charge in [0.05, 0.1) is 17.3 Å². The molecule has 0 bridgehead atoms. The number of anilines is 1. The molecular weight excluding hydrogens is 366 g/mol. The second-order valence-electron chi connectivity index (χ2n) is 7.68. The Morgan fingerprint density at radius 1 is 1.17 bits per heavy atom. The van der Waals surface area contributed by atoms with Crippen LogP contribution in [0.1, 0.15) is 12.8 Å². The van der Waals surface area contributed by atoms with Crippen LogP contribution in [0.5, 0.6) is 0 Å². The van der Waals surface area contributed by atoms with Gasteiger partial charge in [0, 0.05) is 32.1 Å². The van der Waals surface area contributed by atoms with E-state index in [2.05, 4.69) is 30.2 Å². The highest BCUT2D eigenvalue weighted by molar-refractivity contribution is 5.88. The third-order valence-electron chi connectivity index (χ3n) is 5.37. The molecule has 1 aliphatic rings. The van der Waals surface area contributed by atoms with Gasteiger partial charge in [-0.3, -0.25) is 4.79 Å². The van der Waals surface area contributed by atoms with E-state index in [0.717, 1.165) is 55.0 Å². The highest BCUT2D eigenvalue weighted by Gasteiger charge is 2.27. The van der Waals surface area contributed by atoms with Crippen LogP contribution in [-0.4, -0.2) is 70.8 Å². The van der Waals surface area contributed by atoms with E-state index in [0.29, 0.717) is 6.54 Å². The van der Waals surface area contributed by atoms with E-state index in [1.807, 2.05) is 55.3 Å². The molecule has 8 nitrogen and oxygen atoms in total. The molecule has 1 fully saturated rings. The molecule has 3 aromatic rings. The minimum Gasteiger partial charge on any atom is -0.356 e. The molecule has 152 valence electrons. The van der Waals surface area contributed by atoms with Gasteiger partial charge in [0.25, 0.3) is 0 Å². The number of fused-ring (bicyclic) bond motifs is 1. The van der Waals surface area contributed by atoms with Crippen molar-refractivity contribution in [2.75, 3.05) is 45.2 Å². The molecule has 3 heterocycles. The monoisotopic (exact) mass is 393 g/mol. The molecule has 1 N–H and O–H groups in total. The van der Waals surface area contributed by atoms with Crippen molar-refractivity contribution in [1.29, 1.82) is 0 Å². The van der Waals surface area contributed by atoms with E-state index in [4.69, 9.17) is 0 Å². The number of hydrogen-bond donors (Lipinski definition) is 1. The van der Waals surface area contributed by atoms with Gasteiger partial charge in [-0.2, -0.15) is 5.10 Å². The first-order chi connectivity index (χ1) is 14.1. The number of nitrogens with zero attached hydrogens (tertiary/aromatic N) is 6. The Labute approximate surface area is 170 Å². The Balaban J connectivity index is 1.45. The van der Waals surface area contributed by atoms with Gasteiger partial charge >= 0.3 is 0 Å². The van der Waals surface area contributed by atoms with Crippen molar-refractivity contribution < 1.29 is 4.79 Å². The average molecular weight is 393 g/mol. The second kappa shape index (κ2) is 8.57. The molecule has 1 saturated heterocycles. The Morgan fingerprint density at radius 3 is 2.66 bits per heavy atom. The first-order valence-electron chi connectivity index (χ1n) is 10.0. The fraction of sp³-hybridized carbons (Fsp3) is 0.429. The maximum Gasteiger partial charge on any atom is 0.223 e. The van der Waals surface area contributed by atoms with E-state index in [9.17, 15) is 4.79 Å². The van der Waals surface area contributed by atoms with Gasteiger partial charge in [-0.25, -0.2) is 14.6 Å². The predicted octanol–water partition coefficient (Wildman–Crippen LogP) is 1.71. The largest absolute Gasteiger partial charge is 0.356 e. The predicted molar refractivity (Wildman–Crippen MR) is 113 cm³/mol. The number of carbonyl (C=O) groups is 1. The molecular formula is C21H27N7O. The summed E-state index contributed by atoms with van der Waals surface area (Å²) in [5.41, 5.74) is 1.77. The quantitative estimate of drug-likeness (QED) is 0.687. The van der Waals surface area contributed by atoms with Crippen LogP contribution in [0.2, 0.25) is 0 Å². The average Bonchev–Trinajstić information content (AvgIpc) is 3.18. The molecule has 0 unspecified atom stereocenters. The van der Waals surface area contributed by atoms with Crippen molar-refractivity contribution in [3.05, 3.63) is 42.9 Å². The Bertz CT molecular complexity index is 962. The number of benzene rings is 1. The number of hydrogen-bond acceptors (Lipinski definition) is 6. The standard InChI is InChI=1S/C21H27N7O/c1-26(2)13-10-22-21(29)16-8-11-27(12-9-16)19-18-14-25-28(20(18)24-15-23-19)17-6-4-3-5-7-17/h3-7,14-16H,8-13H2,1-2H3,(H,22,29). The van der Waals surface area contributed by atoms with Crippen molar-refractivity contribution in [2.24, 2.45) is 5.92 Å². The summed E-state index contributed by atoms with van der Waals surface area (Å²) in [6.45, 7) is 3.15. The molecule has 8 heteroatoms. The number of carbonyl (C=O) groups excluding carboxylic acids is 1. The fourth-order valence-corrected chi connectivity index (χ4v) is 3.74.